The fraction of sp³-hybridized carbons (Fsp3) is 0.952. The molecule has 0 radical (unpaired) electrons. The van der Waals surface area contributed by atoms with E-state index >= 15 is 0 Å². The van der Waals surface area contributed by atoms with E-state index in [-0.39, 0.29) is 13.2 Å². The Morgan fingerprint density at radius 2 is 0.926 bits per heavy atom. The molecule has 0 aromatic rings. The van der Waals surface area contributed by atoms with Gasteiger partial charge in [0.15, 0.2) is 0 Å². The van der Waals surface area contributed by atoms with Gasteiger partial charge in [0.05, 0.1) is 39.6 Å². The molecule has 0 atom stereocenters. The molecule has 0 bridgehead atoms. The van der Waals surface area contributed by atoms with E-state index < -0.39 is 5.97 Å². The van der Waals surface area contributed by atoms with Gasteiger partial charge in [-0.2, -0.15) is 0 Å². The molecule has 0 amide bonds. The van der Waals surface area contributed by atoms with E-state index in [0.29, 0.717) is 33.0 Å². The van der Waals surface area contributed by atoms with E-state index in [2.05, 4.69) is 6.92 Å². The maximum atomic E-state index is 10.2. The maximum Gasteiger partial charge on any atom is 0.329 e. The topological polar surface area (TPSA) is 74.2 Å². The number of aliphatic carboxylic acids is 1. The van der Waals surface area contributed by atoms with Gasteiger partial charge in [-0.3, -0.25) is 0 Å². The van der Waals surface area contributed by atoms with Gasteiger partial charge in [-0.15, -0.1) is 0 Å². The SMILES string of the molecule is CCCCCCCCCCCCCOCCOCCOCCOCC(=O)O. The summed E-state index contributed by atoms with van der Waals surface area (Å²) in [6.45, 7) is 5.67. The van der Waals surface area contributed by atoms with Crippen molar-refractivity contribution in [1.29, 1.82) is 0 Å². The lowest BCUT2D eigenvalue weighted by Gasteiger charge is -2.07. The highest BCUT2D eigenvalue weighted by molar-refractivity contribution is 5.67. The lowest BCUT2D eigenvalue weighted by atomic mass is 10.1. The highest BCUT2D eigenvalue weighted by Gasteiger charge is 1.96. The van der Waals surface area contributed by atoms with Gasteiger partial charge in [0.25, 0.3) is 0 Å². The van der Waals surface area contributed by atoms with Crippen LogP contribution in [0, 0.1) is 0 Å². The van der Waals surface area contributed by atoms with E-state index in [1.165, 1.54) is 64.2 Å². The zero-order valence-corrected chi connectivity index (χ0v) is 17.4. The van der Waals surface area contributed by atoms with Gasteiger partial charge in [0, 0.05) is 6.61 Å². The number of carboxylic acids is 1. The normalized spacial score (nSPS) is 11.1. The number of carboxylic acid groups (broad SMARTS) is 1. The summed E-state index contributed by atoms with van der Waals surface area (Å²) in [4.78, 5) is 10.2. The summed E-state index contributed by atoms with van der Waals surface area (Å²) in [5.41, 5.74) is 0. The van der Waals surface area contributed by atoms with Crippen molar-refractivity contribution in [3.05, 3.63) is 0 Å². The minimum Gasteiger partial charge on any atom is -0.480 e. The molecule has 162 valence electrons. The van der Waals surface area contributed by atoms with Crippen LogP contribution in [0.2, 0.25) is 0 Å². The number of hydrogen-bond acceptors (Lipinski definition) is 5. The van der Waals surface area contributed by atoms with E-state index in [0.717, 1.165) is 13.0 Å². The Balaban J connectivity index is 2.98. The second kappa shape index (κ2) is 23.3. The molecule has 0 saturated heterocycles. The van der Waals surface area contributed by atoms with Crippen LogP contribution in [0.5, 0.6) is 0 Å². The first kappa shape index (κ1) is 26.3. The summed E-state index contributed by atoms with van der Waals surface area (Å²) >= 11 is 0. The van der Waals surface area contributed by atoms with E-state index in [9.17, 15) is 4.79 Å². The number of hydrogen-bond donors (Lipinski definition) is 1. The quantitative estimate of drug-likeness (QED) is 0.260. The summed E-state index contributed by atoms with van der Waals surface area (Å²) in [5, 5.41) is 8.38. The minimum absolute atomic E-state index is 0.281. The molecule has 0 rings (SSSR count). The molecule has 0 aliphatic carbocycles. The van der Waals surface area contributed by atoms with Gasteiger partial charge in [-0.25, -0.2) is 4.79 Å². The molecule has 1 N–H and O–H groups in total. The molecule has 0 spiro atoms. The highest BCUT2D eigenvalue weighted by atomic mass is 16.6. The van der Waals surface area contributed by atoms with Gasteiger partial charge in [-0.05, 0) is 6.42 Å². The molecule has 0 unspecified atom stereocenters. The predicted molar refractivity (Wildman–Crippen MR) is 107 cm³/mol. The Morgan fingerprint density at radius 1 is 0.556 bits per heavy atom. The van der Waals surface area contributed by atoms with E-state index in [1.54, 1.807) is 0 Å². The molecular formula is C21H42O6. The van der Waals surface area contributed by atoms with Crippen molar-refractivity contribution in [1.82, 2.24) is 0 Å². The number of rotatable bonds is 23. The van der Waals surface area contributed by atoms with Crippen molar-refractivity contribution in [2.75, 3.05) is 52.9 Å². The van der Waals surface area contributed by atoms with Gasteiger partial charge in [0.1, 0.15) is 6.61 Å². The van der Waals surface area contributed by atoms with E-state index in [4.69, 9.17) is 24.1 Å². The summed E-state index contributed by atoms with van der Waals surface area (Å²) in [7, 11) is 0. The zero-order valence-electron chi connectivity index (χ0n) is 17.4. The molecule has 0 aromatic heterocycles. The molecule has 0 aliphatic heterocycles. The Hall–Kier alpha value is -0.690. The summed E-state index contributed by atoms with van der Waals surface area (Å²) in [6, 6.07) is 0. The molecule has 6 heteroatoms. The van der Waals surface area contributed by atoms with Gasteiger partial charge in [-0.1, -0.05) is 71.1 Å². The third kappa shape index (κ3) is 25.3. The third-order valence-electron chi connectivity index (χ3n) is 4.23. The standard InChI is InChI=1S/C21H42O6/c1-2-3-4-5-6-7-8-9-10-11-12-13-24-14-15-25-16-17-26-18-19-27-20-21(22)23/h2-20H2,1H3,(H,22,23). The summed E-state index contributed by atoms with van der Waals surface area (Å²) < 4.78 is 21.1. The summed E-state index contributed by atoms with van der Waals surface area (Å²) in [5.74, 6) is -0.966. The van der Waals surface area contributed by atoms with Crippen LogP contribution in [-0.2, 0) is 23.7 Å². The molecule has 0 aliphatic rings. The Kier molecular flexibility index (Phi) is 22.8. The van der Waals surface area contributed by atoms with Gasteiger partial charge in [0.2, 0.25) is 0 Å². The second-order valence-electron chi connectivity index (χ2n) is 6.82. The van der Waals surface area contributed by atoms with Crippen LogP contribution in [0.4, 0.5) is 0 Å². The van der Waals surface area contributed by atoms with E-state index in [1.807, 2.05) is 0 Å². The van der Waals surface area contributed by atoms with Crippen LogP contribution in [-0.4, -0.2) is 63.9 Å². The second-order valence-corrected chi connectivity index (χ2v) is 6.82. The maximum absolute atomic E-state index is 10.2. The number of unbranched alkanes of at least 4 members (excludes halogenated alkanes) is 10. The largest absolute Gasteiger partial charge is 0.480 e. The van der Waals surface area contributed by atoms with Crippen LogP contribution in [0.1, 0.15) is 77.6 Å². The smallest absolute Gasteiger partial charge is 0.329 e. The van der Waals surface area contributed by atoms with Crippen molar-refractivity contribution in [2.24, 2.45) is 0 Å². The fourth-order valence-electron chi connectivity index (χ4n) is 2.69. The van der Waals surface area contributed by atoms with Crippen molar-refractivity contribution >= 4 is 5.97 Å². The summed E-state index contributed by atoms with van der Waals surface area (Å²) in [6.07, 6.45) is 14.8. The van der Waals surface area contributed by atoms with Crippen LogP contribution in [0.3, 0.4) is 0 Å². The first-order valence-electron chi connectivity index (χ1n) is 10.8. The molecule has 27 heavy (non-hydrogen) atoms. The lowest BCUT2D eigenvalue weighted by molar-refractivity contribution is -0.142. The Morgan fingerprint density at radius 3 is 1.37 bits per heavy atom. The van der Waals surface area contributed by atoms with Crippen LogP contribution in [0.25, 0.3) is 0 Å². The van der Waals surface area contributed by atoms with Crippen LogP contribution < -0.4 is 0 Å². The van der Waals surface area contributed by atoms with Crippen molar-refractivity contribution < 1.29 is 28.8 Å². The van der Waals surface area contributed by atoms with Crippen LogP contribution >= 0.6 is 0 Å². The predicted octanol–water partition coefficient (Wildman–Crippen LogP) is 4.45. The molecule has 6 nitrogen and oxygen atoms in total. The first-order valence-corrected chi connectivity index (χ1v) is 10.8. The molecular weight excluding hydrogens is 348 g/mol. The van der Waals surface area contributed by atoms with Crippen molar-refractivity contribution in [3.8, 4) is 0 Å². The third-order valence-corrected chi connectivity index (χ3v) is 4.23. The minimum atomic E-state index is -0.966. The van der Waals surface area contributed by atoms with Gasteiger partial charge < -0.3 is 24.1 Å². The zero-order chi connectivity index (χ0) is 19.8. The van der Waals surface area contributed by atoms with Crippen molar-refractivity contribution in [3.63, 3.8) is 0 Å². The Bertz CT molecular complexity index is 298. The first-order chi connectivity index (χ1) is 13.3. The average Bonchev–Trinajstić information content (AvgIpc) is 2.65. The molecule has 0 fully saturated rings. The monoisotopic (exact) mass is 390 g/mol. The average molecular weight is 391 g/mol. The Labute approximate surface area is 165 Å². The van der Waals surface area contributed by atoms with Gasteiger partial charge >= 0.3 is 5.97 Å². The lowest BCUT2D eigenvalue weighted by Crippen LogP contribution is -2.14. The number of carbonyl (C=O) groups is 1. The van der Waals surface area contributed by atoms with Crippen molar-refractivity contribution in [2.45, 2.75) is 77.6 Å². The molecule has 0 heterocycles. The fourth-order valence-corrected chi connectivity index (χ4v) is 2.69. The number of ether oxygens (including phenoxy) is 4. The molecule has 0 saturated carbocycles. The van der Waals surface area contributed by atoms with Crippen LogP contribution in [0.15, 0.2) is 0 Å². The molecule has 0 aromatic carbocycles. The highest BCUT2D eigenvalue weighted by Crippen LogP contribution is 2.11.